The van der Waals surface area contributed by atoms with Gasteiger partial charge in [0.05, 0.1) is 22.0 Å². The maximum Gasteiger partial charge on any atom is 0.246 e. The highest BCUT2D eigenvalue weighted by Crippen LogP contribution is 2.59. The molecule has 1 saturated heterocycles. The Balaban J connectivity index is 1.76. The van der Waals surface area contributed by atoms with E-state index in [0.717, 1.165) is 4.31 Å². The highest BCUT2D eigenvalue weighted by Gasteiger charge is 2.43. The molecule has 0 saturated carbocycles. The number of pyridine rings is 1. The van der Waals surface area contributed by atoms with Crippen molar-refractivity contribution in [2.75, 3.05) is 23.1 Å². The van der Waals surface area contributed by atoms with Crippen LogP contribution in [-0.2, 0) is 4.79 Å². The lowest BCUT2D eigenvalue weighted by Gasteiger charge is -2.49. The summed E-state index contributed by atoms with van der Waals surface area (Å²) in [7, 11) is -4.04. The van der Waals surface area contributed by atoms with E-state index in [9.17, 15) is 18.3 Å². The smallest absolute Gasteiger partial charge is 0.246 e. The molecular formula is C28H32ClFN8O3S. The van der Waals surface area contributed by atoms with Crippen molar-refractivity contribution in [3.63, 3.8) is 0 Å². The molecule has 0 radical (unpaired) electrons. The molecule has 4 heterocycles. The molecule has 0 aliphatic carbocycles. The lowest BCUT2D eigenvalue weighted by Crippen LogP contribution is -2.59. The van der Waals surface area contributed by atoms with Crippen molar-refractivity contribution in [3.05, 3.63) is 71.4 Å². The topological polar surface area (TPSA) is 144 Å². The number of hydrogen-bond acceptors (Lipinski definition) is 10. The van der Waals surface area contributed by atoms with Crippen molar-refractivity contribution < 1.29 is 18.3 Å². The second-order valence-electron chi connectivity index (χ2n) is 10.6. The largest absolute Gasteiger partial charge is 0.382 e. The number of nitrogens with zero attached hydrogens (tertiary/aromatic N) is 7. The van der Waals surface area contributed by atoms with Gasteiger partial charge in [0.15, 0.2) is 17.5 Å². The number of nitrogen functional groups attached to an aromatic ring is 1. The molecule has 4 N–H and O–H groups in total. The average molecular weight is 615 g/mol. The maximum atomic E-state index is 15.0. The van der Waals surface area contributed by atoms with Crippen LogP contribution in [-0.4, -0.2) is 70.8 Å². The molecule has 0 spiro atoms. The minimum atomic E-state index is -4.04. The fourth-order valence-corrected chi connectivity index (χ4v) is 6.85. The van der Waals surface area contributed by atoms with Crippen LogP contribution >= 0.6 is 22.6 Å². The second kappa shape index (κ2) is 11.1. The number of anilines is 3. The Morgan fingerprint density at radius 1 is 1.19 bits per heavy atom. The minimum absolute atomic E-state index is 0.0130. The molecule has 2 aromatic heterocycles. The van der Waals surface area contributed by atoms with Crippen LogP contribution in [0.1, 0.15) is 44.9 Å². The molecule has 0 unspecified atom stereocenters. The Morgan fingerprint density at radius 2 is 1.90 bits per heavy atom. The number of nitrogens with two attached hydrogens (primary N) is 1. The standard InChI is InChI=1S/C28H32ClFN8O3S/c1-6-22(39)36-12-17(5)37(13-16(36)4)28-19-11-20(29)24(18-9-7-8-10-21(18)30)34-27(19)38(42(40,41)35-28)25-23(15(2)3)32-14-33-26(25)31/h6-11,14-17,40-41H,1,12-13H2,2-5H3,(H2,31,32,33)/t16-,17+/m1/s1. The van der Waals surface area contributed by atoms with E-state index in [4.69, 9.17) is 22.3 Å². The Hall–Kier alpha value is -3.78. The number of aromatic nitrogens is 3. The molecule has 2 atom stereocenters. The molecule has 14 heteroatoms. The molecular weight excluding hydrogens is 583 g/mol. The van der Waals surface area contributed by atoms with Crippen molar-refractivity contribution in [2.45, 2.75) is 45.7 Å². The van der Waals surface area contributed by atoms with Gasteiger partial charge in [-0.1, -0.05) is 44.2 Å². The average Bonchev–Trinajstić information content (AvgIpc) is 2.94. The number of benzene rings is 1. The number of carbonyl (C=O) groups excluding carboxylic acids is 1. The van der Waals surface area contributed by atoms with Crippen LogP contribution in [0.2, 0.25) is 5.02 Å². The summed E-state index contributed by atoms with van der Waals surface area (Å²) >= 11 is 6.75. The minimum Gasteiger partial charge on any atom is -0.382 e. The summed E-state index contributed by atoms with van der Waals surface area (Å²) in [6.45, 7) is 11.8. The quantitative estimate of drug-likeness (QED) is 0.319. The van der Waals surface area contributed by atoms with Gasteiger partial charge in [0.25, 0.3) is 0 Å². The number of amides is 1. The zero-order chi connectivity index (χ0) is 30.5. The van der Waals surface area contributed by atoms with Gasteiger partial charge < -0.3 is 15.5 Å². The van der Waals surface area contributed by atoms with E-state index >= 15 is 0 Å². The number of carbonyl (C=O) groups is 1. The van der Waals surface area contributed by atoms with Gasteiger partial charge in [-0.25, -0.2) is 19.3 Å². The van der Waals surface area contributed by atoms with E-state index in [2.05, 4.69) is 20.9 Å². The van der Waals surface area contributed by atoms with E-state index in [1.54, 1.807) is 23.1 Å². The predicted octanol–water partition coefficient (Wildman–Crippen LogP) is 5.62. The molecule has 1 amide bonds. The third-order valence-corrected chi connectivity index (χ3v) is 8.87. The molecule has 42 heavy (non-hydrogen) atoms. The van der Waals surface area contributed by atoms with Crippen molar-refractivity contribution in [1.82, 2.24) is 24.8 Å². The second-order valence-corrected chi connectivity index (χ2v) is 12.5. The third-order valence-electron chi connectivity index (χ3n) is 7.32. The van der Waals surface area contributed by atoms with E-state index < -0.39 is 16.8 Å². The van der Waals surface area contributed by atoms with Crippen molar-refractivity contribution in [2.24, 2.45) is 4.40 Å². The Labute approximate surface area is 250 Å². The summed E-state index contributed by atoms with van der Waals surface area (Å²) in [4.78, 5) is 29.3. The molecule has 1 aromatic carbocycles. The Bertz CT molecular complexity index is 1600. The highest BCUT2D eigenvalue weighted by atomic mass is 35.5. The monoisotopic (exact) mass is 614 g/mol. The Kier molecular flexibility index (Phi) is 7.88. The lowest BCUT2D eigenvalue weighted by atomic mass is 10.0. The van der Waals surface area contributed by atoms with Crippen LogP contribution in [0.5, 0.6) is 0 Å². The lowest BCUT2D eigenvalue weighted by molar-refractivity contribution is -0.130. The number of hydrogen-bond donors (Lipinski definition) is 3. The number of halogens is 2. The van der Waals surface area contributed by atoms with Gasteiger partial charge in [0, 0.05) is 30.7 Å². The zero-order valence-corrected chi connectivity index (χ0v) is 25.1. The first-order chi connectivity index (χ1) is 19.9. The van der Waals surface area contributed by atoms with Gasteiger partial charge in [0.1, 0.15) is 17.8 Å². The van der Waals surface area contributed by atoms with Gasteiger partial charge in [-0.05, 0) is 55.0 Å². The molecule has 1 fully saturated rings. The molecule has 2 aliphatic heterocycles. The fourth-order valence-electron chi connectivity index (χ4n) is 5.28. The van der Waals surface area contributed by atoms with Crippen LogP contribution in [0.4, 0.5) is 21.7 Å². The molecule has 222 valence electrons. The Morgan fingerprint density at radius 3 is 2.57 bits per heavy atom. The van der Waals surface area contributed by atoms with Crippen molar-refractivity contribution >= 4 is 51.6 Å². The van der Waals surface area contributed by atoms with Gasteiger partial charge in [-0.3, -0.25) is 13.9 Å². The normalized spacial score (nSPS) is 20.7. The maximum absolute atomic E-state index is 15.0. The van der Waals surface area contributed by atoms with Gasteiger partial charge in [-0.2, -0.15) is 4.31 Å². The van der Waals surface area contributed by atoms with Gasteiger partial charge in [-0.15, -0.1) is 4.40 Å². The van der Waals surface area contributed by atoms with E-state index in [0.29, 0.717) is 24.3 Å². The highest BCUT2D eigenvalue weighted by molar-refractivity contribution is 8.24. The molecule has 2 aliphatic rings. The number of piperazine rings is 1. The molecule has 11 nitrogen and oxygen atoms in total. The van der Waals surface area contributed by atoms with E-state index in [1.807, 2.05) is 32.6 Å². The number of amidine groups is 1. The van der Waals surface area contributed by atoms with Crippen LogP contribution in [0.15, 0.2) is 53.7 Å². The van der Waals surface area contributed by atoms with Gasteiger partial charge in [0.2, 0.25) is 5.91 Å². The first-order valence-corrected chi connectivity index (χ1v) is 15.1. The summed E-state index contributed by atoms with van der Waals surface area (Å²) in [5, 5.41) is 0.132. The summed E-state index contributed by atoms with van der Waals surface area (Å²) in [5.74, 6) is -0.677. The SMILES string of the molecule is C=CC(=O)N1C[C@H](C)N(C2=NS(O)(O)N(c3c(N)ncnc3C(C)C)c3nc(-c4ccccc4F)c(Cl)cc32)C[C@H]1C. The van der Waals surface area contributed by atoms with Crippen molar-refractivity contribution in [3.8, 4) is 11.3 Å². The first kappa shape index (κ1) is 29.7. The predicted molar refractivity (Wildman–Crippen MR) is 164 cm³/mol. The molecule has 3 aromatic rings. The van der Waals surface area contributed by atoms with Crippen LogP contribution in [0, 0.1) is 5.82 Å². The van der Waals surface area contributed by atoms with E-state index in [-0.39, 0.29) is 63.3 Å². The summed E-state index contributed by atoms with van der Waals surface area (Å²) in [6.07, 6.45) is 2.57. The summed E-state index contributed by atoms with van der Waals surface area (Å²) < 4.78 is 44.0. The van der Waals surface area contributed by atoms with Crippen LogP contribution < -0.4 is 10.0 Å². The molecule has 0 bridgehead atoms. The number of rotatable bonds is 4. The van der Waals surface area contributed by atoms with Crippen LogP contribution in [0.25, 0.3) is 11.3 Å². The number of fused-ring (bicyclic) bond motifs is 1. The third kappa shape index (κ3) is 5.06. The summed E-state index contributed by atoms with van der Waals surface area (Å²) in [5.41, 5.74) is 7.49. The van der Waals surface area contributed by atoms with Crippen LogP contribution in [0.3, 0.4) is 0 Å². The van der Waals surface area contributed by atoms with Gasteiger partial charge >= 0.3 is 0 Å². The fraction of sp³-hybridized carbons (Fsp3) is 0.321. The van der Waals surface area contributed by atoms with E-state index in [1.165, 1.54) is 24.5 Å². The first-order valence-electron chi connectivity index (χ1n) is 13.3. The summed E-state index contributed by atoms with van der Waals surface area (Å²) in [6, 6.07) is 7.09. The zero-order valence-electron chi connectivity index (χ0n) is 23.6. The molecule has 5 rings (SSSR count). The van der Waals surface area contributed by atoms with Crippen molar-refractivity contribution in [1.29, 1.82) is 0 Å².